The van der Waals surface area contributed by atoms with Gasteiger partial charge < -0.3 is 10.0 Å². The number of likely N-dealkylation sites (N-methyl/N-ethyl adjacent to an activating group) is 1. The first-order chi connectivity index (χ1) is 8.82. The smallest absolute Gasteiger partial charge is 0.246 e. The van der Waals surface area contributed by atoms with E-state index in [0.717, 1.165) is 11.3 Å². The largest absolute Gasteiger partial charge is 0.393 e. The molecule has 1 amide bonds. The van der Waals surface area contributed by atoms with Gasteiger partial charge in [-0.1, -0.05) is 11.6 Å². The van der Waals surface area contributed by atoms with Crippen molar-refractivity contribution in [1.82, 2.24) is 14.7 Å². The second-order valence-electron chi connectivity index (χ2n) is 4.64. The van der Waals surface area contributed by atoms with Crippen molar-refractivity contribution in [3.8, 4) is 0 Å². The lowest BCUT2D eigenvalue weighted by molar-refractivity contribution is -0.124. The zero-order valence-electron chi connectivity index (χ0n) is 11.7. The third-order valence-corrected chi connectivity index (χ3v) is 3.30. The fourth-order valence-corrected chi connectivity index (χ4v) is 1.85. The highest BCUT2D eigenvalue weighted by Crippen LogP contribution is 2.19. The molecule has 0 fully saturated rings. The van der Waals surface area contributed by atoms with Crippen LogP contribution < -0.4 is 0 Å². The first-order valence-electron chi connectivity index (χ1n) is 6.13. The predicted molar refractivity (Wildman–Crippen MR) is 75.9 cm³/mol. The molecule has 19 heavy (non-hydrogen) atoms. The number of aromatic nitrogens is 2. The molecule has 0 radical (unpaired) electrons. The Balaban J connectivity index is 2.68. The Morgan fingerprint density at radius 1 is 1.63 bits per heavy atom. The molecular weight excluding hydrogens is 266 g/mol. The van der Waals surface area contributed by atoms with Crippen LogP contribution in [0.2, 0.25) is 5.15 Å². The Morgan fingerprint density at radius 2 is 2.26 bits per heavy atom. The highest BCUT2D eigenvalue weighted by atomic mass is 35.5. The van der Waals surface area contributed by atoms with Crippen LogP contribution in [0, 0.1) is 6.92 Å². The van der Waals surface area contributed by atoms with E-state index in [4.69, 9.17) is 11.6 Å². The van der Waals surface area contributed by atoms with E-state index in [1.165, 1.54) is 6.08 Å². The molecule has 1 atom stereocenters. The van der Waals surface area contributed by atoms with Crippen molar-refractivity contribution in [2.75, 3.05) is 13.6 Å². The molecule has 0 aliphatic heterocycles. The van der Waals surface area contributed by atoms with Gasteiger partial charge in [-0.25, -0.2) is 0 Å². The average molecular weight is 286 g/mol. The standard InChI is InChI=1S/C13H20ClN3O2/c1-9(18)7-8-16(3)12(19)6-5-11-10(2)15-17(4)13(11)14/h5-6,9,18H,7-8H2,1-4H3/b6-5+. The molecule has 0 aliphatic carbocycles. The Hall–Kier alpha value is -1.33. The predicted octanol–water partition coefficient (Wildman–Crippen LogP) is 1.62. The highest BCUT2D eigenvalue weighted by molar-refractivity contribution is 6.31. The van der Waals surface area contributed by atoms with Gasteiger partial charge in [-0.3, -0.25) is 9.48 Å². The van der Waals surface area contributed by atoms with Crippen LogP contribution in [0.25, 0.3) is 6.08 Å². The third-order valence-electron chi connectivity index (χ3n) is 2.85. The van der Waals surface area contributed by atoms with Gasteiger partial charge in [0.15, 0.2) is 0 Å². The number of aliphatic hydroxyl groups is 1. The Morgan fingerprint density at radius 3 is 2.74 bits per heavy atom. The zero-order chi connectivity index (χ0) is 14.6. The fraction of sp³-hybridized carbons (Fsp3) is 0.538. The number of nitrogens with zero attached hydrogens (tertiary/aromatic N) is 3. The minimum Gasteiger partial charge on any atom is -0.393 e. The van der Waals surface area contributed by atoms with E-state index < -0.39 is 6.10 Å². The van der Waals surface area contributed by atoms with E-state index in [1.54, 1.807) is 36.7 Å². The summed E-state index contributed by atoms with van der Waals surface area (Å²) in [4.78, 5) is 13.4. The van der Waals surface area contributed by atoms with Crippen LogP contribution in [0.5, 0.6) is 0 Å². The number of aliphatic hydroxyl groups excluding tert-OH is 1. The number of carbonyl (C=O) groups excluding carboxylic acids is 1. The lowest BCUT2D eigenvalue weighted by atomic mass is 10.2. The average Bonchev–Trinajstić information content (AvgIpc) is 2.58. The molecule has 1 heterocycles. The Kier molecular flexibility index (Phi) is 5.57. The van der Waals surface area contributed by atoms with Crippen LogP contribution in [0.3, 0.4) is 0 Å². The first-order valence-corrected chi connectivity index (χ1v) is 6.51. The molecule has 1 aromatic heterocycles. The first kappa shape index (κ1) is 15.7. The molecule has 0 bridgehead atoms. The fourth-order valence-electron chi connectivity index (χ4n) is 1.61. The molecule has 0 aromatic carbocycles. The Bertz CT molecular complexity index is 480. The van der Waals surface area contributed by atoms with E-state index in [9.17, 15) is 9.90 Å². The number of aryl methyl sites for hydroxylation is 2. The van der Waals surface area contributed by atoms with Crippen LogP contribution in [0.1, 0.15) is 24.6 Å². The van der Waals surface area contributed by atoms with Crippen molar-refractivity contribution in [3.63, 3.8) is 0 Å². The van der Waals surface area contributed by atoms with Gasteiger partial charge in [-0.2, -0.15) is 5.10 Å². The second-order valence-corrected chi connectivity index (χ2v) is 5.00. The highest BCUT2D eigenvalue weighted by Gasteiger charge is 2.10. The van der Waals surface area contributed by atoms with Gasteiger partial charge >= 0.3 is 0 Å². The molecule has 1 aromatic rings. The van der Waals surface area contributed by atoms with Crippen molar-refractivity contribution in [2.45, 2.75) is 26.4 Å². The van der Waals surface area contributed by atoms with Crippen LogP contribution >= 0.6 is 11.6 Å². The summed E-state index contributed by atoms with van der Waals surface area (Å²) >= 11 is 6.07. The number of hydrogen-bond acceptors (Lipinski definition) is 3. The SMILES string of the molecule is Cc1nn(C)c(Cl)c1/C=C/C(=O)N(C)CCC(C)O. The molecule has 0 saturated carbocycles. The number of hydrogen-bond donors (Lipinski definition) is 1. The number of amides is 1. The summed E-state index contributed by atoms with van der Waals surface area (Å²) in [5.41, 5.74) is 1.53. The molecule has 1 N–H and O–H groups in total. The normalized spacial score (nSPS) is 12.9. The lowest BCUT2D eigenvalue weighted by Crippen LogP contribution is -2.27. The summed E-state index contributed by atoms with van der Waals surface area (Å²) < 4.78 is 1.57. The summed E-state index contributed by atoms with van der Waals surface area (Å²) in [5, 5.41) is 13.9. The molecular formula is C13H20ClN3O2. The maximum absolute atomic E-state index is 11.8. The minimum absolute atomic E-state index is 0.125. The van der Waals surface area contributed by atoms with Gasteiger partial charge in [0.25, 0.3) is 0 Å². The van der Waals surface area contributed by atoms with Crippen LogP contribution in [-0.4, -0.2) is 45.4 Å². The summed E-state index contributed by atoms with van der Waals surface area (Å²) in [6, 6.07) is 0. The monoisotopic (exact) mass is 285 g/mol. The molecule has 106 valence electrons. The van der Waals surface area contributed by atoms with Crippen molar-refractivity contribution in [2.24, 2.45) is 7.05 Å². The van der Waals surface area contributed by atoms with Crippen molar-refractivity contribution in [3.05, 3.63) is 22.5 Å². The van der Waals surface area contributed by atoms with Gasteiger partial charge in [0.1, 0.15) is 5.15 Å². The Labute approximate surface area is 118 Å². The molecule has 5 nitrogen and oxygen atoms in total. The van der Waals surface area contributed by atoms with Gasteiger partial charge in [0.05, 0.1) is 11.8 Å². The molecule has 1 rings (SSSR count). The number of rotatable bonds is 5. The van der Waals surface area contributed by atoms with E-state index in [2.05, 4.69) is 5.10 Å². The van der Waals surface area contributed by atoms with Gasteiger partial charge in [-0.15, -0.1) is 0 Å². The molecule has 0 spiro atoms. The van der Waals surface area contributed by atoms with Gasteiger partial charge in [0, 0.05) is 32.3 Å². The molecule has 6 heteroatoms. The van der Waals surface area contributed by atoms with Gasteiger partial charge in [0.2, 0.25) is 5.91 Å². The van der Waals surface area contributed by atoms with Crippen LogP contribution in [0.15, 0.2) is 6.08 Å². The van der Waals surface area contributed by atoms with E-state index >= 15 is 0 Å². The van der Waals surface area contributed by atoms with Crippen molar-refractivity contribution in [1.29, 1.82) is 0 Å². The summed E-state index contributed by atoms with van der Waals surface area (Å²) in [7, 11) is 3.45. The quantitative estimate of drug-likeness (QED) is 0.837. The second kappa shape index (κ2) is 6.73. The van der Waals surface area contributed by atoms with Gasteiger partial charge in [-0.05, 0) is 26.3 Å². The maximum Gasteiger partial charge on any atom is 0.246 e. The summed E-state index contributed by atoms with van der Waals surface area (Å²) in [6.45, 7) is 4.06. The van der Waals surface area contributed by atoms with Crippen molar-refractivity contribution >= 4 is 23.6 Å². The molecule has 0 aliphatic rings. The lowest BCUT2D eigenvalue weighted by Gasteiger charge is -2.15. The molecule has 1 unspecified atom stereocenters. The zero-order valence-corrected chi connectivity index (χ0v) is 12.5. The van der Waals surface area contributed by atoms with E-state index in [-0.39, 0.29) is 5.91 Å². The van der Waals surface area contributed by atoms with Crippen LogP contribution in [-0.2, 0) is 11.8 Å². The summed E-state index contributed by atoms with van der Waals surface area (Å²) in [5.74, 6) is -0.125. The number of carbonyl (C=O) groups is 1. The van der Waals surface area contributed by atoms with E-state index in [1.807, 2.05) is 6.92 Å². The maximum atomic E-state index is 11.8. The summed E-state index contributed by atoms with van der Waals surface area (Å²) in [6.07, 6.45) is 3.29. The van der Waals surface area contributed by atoms with Crippen LogP contribution in [0.4, 0.5) is 0 Å². The van der Waals surface area contributed by atoms with E-state index in [0.29, 0.717) is 18.1 Å². The molecule has 0 saturated heterocycles. The number of halogens is 1. The third kappa shape index (κ3) is 4.36. The minimum atomic E-state index is -0.408. The van der Waals surface area contributed by atoms with Crippen molar-refractivity contribution < 1.29 is 9.90 Å². The topological polar surface area (TPSA) is 58.4 Å².